The molecule has 7 nitrogen and oxygen atoms in total. The van der Waals surface area contributed by atoms with E-state index in [9.17, 15) is 8.42 Å². The predicted octanol–water partition coefficient (Wildman–Crippen LogP) is 2.21. The number of hydrogen-bond acceptors (Lipinski definition) is 6. The third-order valence-electron chi connectivity index (χ3n) is 7.95. The van der Waals surface area contributed by atoms with Crippen LogP contribution >= 0.6 is 11.6 Å². The van der Waals surface area contributed by atoms with Crippen molar-refractivity contribution in [3.8, 4) is 0 Å². The highest BCUT2D eigenvalue weighted by Crippen LogP contribution is 2.49. The topological polar surface area (TPSA) is 76.7 Å². The molecular weight excluding hydrogens is 458 g/mol. The third-order valence-corrected chi connectivity index (χ3v) is 10.3. The van der Waals surface area contributed by atoms with Gasteiger partial charge in [-0.1, -0.05) is 37.1 Å². The summed E-state index contributed by atoms with van der Waals surface area (Å²) in [5.41, 5.74) is 6.63. The van der Waals surface area contributed by atoms with Crippen molar-refractivity contribution in [3.63, 3.8) is 0 Å². The molecule has 1 aromatic carbocycles. The number of benzene rings is 1. The van der Waals surface area contributed by atoms with Gasteiger partial charge >= 0.3 is 0 Å². The number of fused-ring (bicyclic) bond motifs is 1. The molecule has 0 aromatic heterocycles. The maximum absolute atomic E-state index is 12.9. The third kappa shape index (κ3) is 4.46. The summed E-state index contributed by atoms with van der Waals surface area (Å²) in [5.74, 6) is 0.219. The van der Waals surface area contributed by atoms with Crippen LogP contribution in [0.15, 0.2) is 36.0 Å². The van der Waals surface area contributed by atoms with Gasteiger partial charge in [0.1, 0.15) is 0 Å². The molecule has 182 valence electrons. The molecule has 0 radical (unpaired) electrons. The molecule has 3 aliphatic heterocycles. The first kappa shape index (κ1) is 23.6. The van der Waals surface area contributed by atoms with Gasteiger partial charge < -0.3 is 15.6 Å². The number of nitrogens with zero attached hydrogens (tertiary/aromatic N) is 2. The number of hydrogen-bond donors (Lipinski definition) is 3. The van der Waals surface area contributed by atoms with E-state index in [-0.39, 0.29) is 23.3 Å². The minimum atomic E-state index is -3.22. The Labute approximate surface area is 202 Å². The summed E-state index contributed by atoms with van der Waals surface area (Å²) in [6.07, 6.45) is 7.50. The molecule has 1 saturated carbocycles. The van der Waals surface area contributed by atoms with E-state index in [2.05, 4.69) is 39.4 Å². The second kappa shape index (κ2) is 9.47. The van der Waals surface area contributed by atoms with E-state index in [0.29, 0.717) is 25.6 Å². The average molecular weight is 494 g/mol. The number of sulfonamides is 1. The molecule has 2 unspecified atom stereocenters. The van der Waals surface area contributed by atoms with Crippen LogP contribution < -0.4 is 16.1 Å². The van der Waals surface area contributed by atoms with Crippen LogP contribution in [0.3, 0.4) is 0 Å². The van der Waals surface area contributed by atoms with Gasteiger partial charge in [-0.15, -0.1) is 0 Å². The van der Waals surface area contributed by atoms with Gasteiger partial charge in [-0.2, -0.15) is 4.31 Å². The van der Waals surface area contributed by atoms with Crippen LogP contribution in [0.1, 0.15) is 44.6 Å². The van der Waals surface area contributed by atoms with Gasteiger partial charge in [0.05, 0.1) is 11.8 Å². The van der Waals surface area contributed by atoms with Crippen molar-refractivity contribution in [2.75, 3.05) is 38.5 Å². The fraction of sp³-hybridized carbons (Fsp3) is 0.667. The lowest BCUT2D eigenvalue weighted by atomic mass is 9.57. The fourth-order valence-corrected chi connectivity index (χ4v) is 7.79. The quantitative estimate of drug-likeness (QED) is 0.489. The highest BCUT2D eigenvalue weighted by molar-refractivity contribution is 7.89. The minimum Gasteiger partial charge on any atom is -0.314 e. The van der Waals surface area contributed by atoms with Gasteiger partial charge in [-0.3, -0.25) is 0 Å². The zero-order chi connectivity index (χ0) is 23.1. The maximum Gasteiger partial charge on any atom is 0.214 e. The zero-order valence-corrected chi connectivity index (χ0v) is 21.0. The molecule has 5 rings (SSSR count). The molecule has 3 heterocycles. The fourth-order valence-electron chi connectivity index (χ4n) is 5.95. The number of rotatable bonds is 9. The SMILES string of the molecule is CCCS(=O)(=O)N(CCN1C=C2CCNC(C3(c4ccc(Cl)cc4)CCC3)C2N1)C1CNC1. The Kier molecular flexibility index (Phi) is 6.77. The van der Waals surface area contributed by atoms with Gasteiger partial charge in [0.25, 0.3) is 0 Å². The van der Waals surface area contributed by atoms with E-state index in [0.717, 1.165) is 31.1 Å². The van der Waals surface area contributed by atoms with E-state index in [1.54, 1.807) is 4.31 Å². The molecule has 1 aliphatic carbocycles. The maximum atomic E-state index is 12.9. The first-order chi connectivity index (χ1) is 15.9. The summed E-state index contributed by atoms with van der Waals surface area (Å²) in [5, 5.41) is 9.96. The Morgan fingerprint density at radius 2 is 1.97 bits per heavy atom. The van der Waals surface area contributed by atoms with Gasteiger partial charge in [0.2, 0.25) is 10.0 Å². The molecule has 1 aromatic rings. The zero-order valence-electron chi connectivity index (χ0n) is 19.4. The highest BCUT2D eigenvalue weighted by atomic mass is 35.5. The van der Waals surface area contributed by atoms with Crippen LogP contribution in [-0.4, -0.2) is 74.3 Å². The van der Waals surface area contributed by atoms with Gasteiger partial charge in [0, 0.05) is 54.9 Å². The first-order valence-corrected chi connectivity index (χ1v) is 14.3. The molecule has 0 amide bonds. The van der Waals surface area contributed by atoms with E-state index in [1.165, 1.54) is 30.4 Å². The van der Waals surface area contributed by atoms with E-state index >= 15 is 0 Å². The summed E-state index contributed by atoms with van der Waals surface area (Å²) in [7, 11) is -3.22. The predicted molar refractivity (Wildman–Crippen MR) is 133 cm³/mol. The Morgan fingerprint density at radius 1 is 1.21 bits per heavy atom. The number of halogens is 1. The Hall–Kier alpha value is -1.16. The summed E-state index contributed by atoms with van der Waals surface area (Å²) in [6, 6.07) is 9.02. The molecule has 4 aliphatic rings. The molecule has 3 N–H and O–H groups in total. The average Bonchev–Trinajstić information content (AvgIpc) is 3.14. The van der Waals surface area contributed by atoms with E-state index in [4.69, 9.17) is 11.6 Å². The second-order valence-corrected chi connectivity index (χ2v) is 12.4. The van der Waals surface area contributed by atoms with E-state index in [1.807, 2.05) is 19.1 Å². The van der Waals surface area contributed by atoms with Crippen molar-refractivity contribution in [1.82, 2.24) is 25.4 Å². The van der Waals surface area contributed by atoms with Gasteiger partial charge in [-0.25, -0.2) is 13.8 Å². The van der Waals surface area contributed by atoms with Crippen LogP contribution in [0.5, 0.6) is 0 Å². The summed E-state index contributed by atoms with van der Waals surface area (Å²) in [4.78, 5) is 0. The smallest absolute Gasteiger partial charge is 0.214 e. The first-order valence-electron chi connectivity index (χ1n) is 12.4. The van der Waals surface area contributed by atoms with Crippen molar-refractivity contribution >= 4 is 21.6 Å². The lowest BCUT2D eigenvalue weighted by Gasteiger charge is -2.52. The number of nitrogens with one attached hydrogen (secondary N) is 3. The Bertz CT molecular complexity index is 975. The number of hydrazine groups is 1. The molecule has 0 spiro atoms. The van der Waals surface area contributed by atoms with Crippen LogP contribution in [0.4, 0.5) is 0 Å². The van der Waals surface area contributed by atoms with Crippen LogP contribution in [0.2, 0.25) is 5.02 Å². The lowest BCUT2D eigenvalue weighted by Crippen LogP contribution is -2.64. The standard InChI is InChI=1S/C24H36ClN5O2S/c1-2-14-33(31,32)30(21-15-26-16-21)13-12-29-17-18-8-11-27-23(22(18)28-29)24(9-3-10-24)19-4-6-20(25)7-5-19/h4-7,17,21-23,26-28H,2-3,8-16H2,1H3. The highest BCUT2D eigenvalue weighted by Gasteiger charge is 2.51. The molecule has 2 saturated heterocycles. The van der Waals surface area contributed by atoms with Gasteiger partial charge in [0.15, 0.2) is 0 Å². The molecule has 3 fully saturated rings. The Morgan fingerprint density at radius 3 is 2.58 bits per heavy atom. The van der Waals surface area contributed by atoms with Crippen molar-refractivity contribution < 1.29 is 8.42 Å². The summed E-state index contributed by atoms with van der Waals surface area (Å²) in [6.45, 7) is 5.56. The van der Waals surface area contributed by atoms with Crippen LogP contribution in [0, 0.1) is 0 Å². The number of piperidine rings is 1. The normalized spacial score (nSPS) is 27.1. The van der Waals surface area contributed by atoms with Crippen molar-refractivity contribution in [2.24, 2.45) is 0 Å². The van der Waals surface area contributed by atoms with Crippen molar-refractivity contribution in [2.45, 2.75) is 62.6 Å². The molecule has 33 heavy (non-hydrogen) atoms. The summed E-state index contributed by atoms with van der Waals surface area (Å²) < 4.78 is 27.4. The van der Waals surface area contributed by atoms with Crippen LogP contribution in [-0.2, 0) is 15.4 Å². The van der Waals surface area contributed by atoms with E-state index < -0.39 is 10.0 Å². The molecule has 9 heteroatoms. The van der Waals surface area contributed by atoms with Gasteiger partial charge in [-0.05, 0) is 55.5 Å². The molecular formula is C24H36ClN5O2S. The van der Waals surface area contributed by atoms with Crippen LogP contribution in [0.25, 0.3) is 0 Å². The second-order valence-electron chi connectivity index (χ2n) is 9.94. The van der Waals surface area contributed by atoms with Crippen molar-refractivity contribution in [1.29, 1.82) is 0 Å². The largest absolute Gasteiger partial charge is 0.314 e. The Balaban J connectivity index is 1.29. The molecule has 2 atom stereocenters. The lowest BCUT2D eigenvalue weighted by molar-refractivity contribution is 0.116. The van der Waals surface area contributed by atoms with Crippen molar-refractivity contribution in [3.05, 3.63) is 46.6 Å². The summed E-state index contributed by atoms with van der Waals surface area (Å²) >= 11 is 6.17. The minimum absolute atomic E-state index is 0.0802. The monoisotopic (exact) mass is 493 g/mol. The molecule has 0 bridgehead atoms.